The summed E-state index contributed by atoms with van der Waals surface area (Å²) in [6.07, 6.45) is 2.73. The molecule has 2 aromatic heterocycles. The predicted octanol–water partition coefficient (Wildman–Crippen LogP) is 3.90. The van der Waals surface area contributed by atoms with E-state index in [1.54, 1.807) is 0 Å². The summed E-state index contributed by atoms with van der Waals surface area (Å²) in [4.78, 5) is 11.7. The van der Waals surface area contributed by atoms with E-state index in [0.29, 0.717) is 6.54 Å². The number of hydrogen-bond donors (Lipinski definition) is 2. The average molecular weight is 349 g/mol. The van der Waals surface area contributed by atoms with Crippen molar-refractivity contribution in [1.82, 2.24) is 9.97 Å². The number of rotatable bonds is 8. The van der Waals surface area contributed by atoms with Crippen molar-refractivity contribution in [2.45, 2.75) is 20.3 Å². The normalized spacial score (nSPS) is 10.9. The maximum absolute atomic E-state index is 5.61. The fraction of sp³-hybridized carbons (Fsp3) is 0.333. The van der Waals surface area contributed by atoms with Crippen molar-refractivity contribution in [3.63, 3.8) is 0 Å². The van der Waals surface area contributed by atoms with Crippen LogP contribution in [0.4, 0.5) is 11.5 Å². The van der Waals surface area contributed by atoms with Gasteiger partial charge in [0.25, 0.3) is 0 Å². The van der Waals surface area contributed by atoms with Crippen molar-refractivity contribution < 1.29 is 0 Å². The SMILES string of the molecule is CCN(CC)c1ccc(-c2cc3ncccc3c(NCCCN)n2)cc1. The molecule has 136 valence electrons. The highest BCUT2D eigenvalue weighted by molar-refractivity contribution is 5.92. The quantitative estimate of drug-likeness (QED) is 0.604. The van der Waals surface area contributed by atoms with E-state index in [1.165, 1.54) is 5.69 Å². The lowest BCUT2D eigenvalue weighted by Gasteiger charge is -2.21. The summed E-state index contributed by atoms with van der Waals surface area (Å²) in [7, 11) is 0. The van der Waals surface area contributed by atoms with E-state index in [-0.39, 0.29) is 0 Å². The minimum Gasteiger partial charge on any atom is -0.372 e. The van der Waals surface area contributed by atoms with E-state index in [0.717, 1.165) is 54.0 Å². The van der Waals surface area contributed by atoms with E-state index in [9.17, 15) is 0 Å². The zero-order valence-corrected chi connectivity index (χ0v) is 15.6. The van der Waals surface area contributed by atoms with Gasteiger partial charge in [-0.2, -0.15) is 0 Å². The summed E-state index contributed by atoms with van der Waals surface area (Å²) in [6, 6.07) is 14.6. The number of fused-ring (bicyclic) bond motifs is 1. The summed E-state index contributed by atoms with van der Waals surface area (Å²) in [5.74, 6) is 0.867. The highest BCUT2D eigenvalue weighted by Crippen LogP contribution is 2.28. The van der Waals surface area contributed by atoms with Gasteiger partial charge in [-0.15, -0.1) is 0 Å². The molecule has 26 heavy (non-hydrogen) atoms. The van der Waals surface area contributed by atoms with Crippen molar-refractivity contribution in [3.05, 3.63) is 48.7 Å². The van der Waals surface area contributed by atoms with Gasteiger partial charge in [-0.25, -0.2) is 4.98 Å². The Bertz CT molecular complexity index is 841. The van der Waals surface area contributed by atoms with Gasteiger partial charge in [0, 0.05) is 42.5 Å². The molecule has 0 saturated carbocycles. The number of nitrogens with one attached hydrogen (secondary N) is 1. The van der Waals surface area contributed by atoms with Crippen molar-refractivity contribution in [2.75, 3.05) is 36.4 Å². The number of anilines is 2. The highest BCUT2D eigenvalue weighted by Gasteiger charge is 2.09. The minimum atomic E-state index is 0.662. The van der Waals surface area contributed by atoms with Crippen molar-refractivity contribution in [1.29, 1.82) is 0 Å². The summed E-state index contributed by atoms with van der Waals surface area (Å²) in [5, 5.41) is 4.44. The third-order valence-corrected chi connectivity index (χ3v) is 4.56. The second-order valence-corrected chi connectivity index (χ2v) is 6.21. The number of nitrogens with zero attached hydrogens (tertiary/aromatic N) is 3. The van der Waals surface area contributed by atoms with Gasteiger partial charge >= 0.3 is 0 Å². The molecule has 5 heteroatoms. The predicted molar refractivity (Wildman–Crippen MR) is 111 cm³/mol. The van der Waals surface area contributed by atoms with Crippen LogP contribution < -0.4 is 16.0 Å². The number of nitrogens with two attached hydrogens (primary N) is 1. The Morgan fingerprint density at radius 1 is 1.08 bits per heavy atom. The van der Waals surface area contributed by atoms with Gasteiger partial charge in [0.2, 0.25) is 0 Å². The largest absolute Gasteiger partial charge is 0.372 e. The van der Waals surface area contributed by atoms with Gasteiger partial charge in [0.1, 0.15) is 5.82 Å². The lowest BCUT2D eigenvalue weighted by Crippen LogP contribution is -2.21. The molecule has 5 nitrogen and oxygen atoms in total. The van der Waals surface area contributed by atoms with Crippen LogP contribution in [-0.2, 0) is 0 Å². The molecule has 0 spiro atoms. The van der Waals surface area contributed by atoms with Crippen LogP contribution in [0.5, 0.6) is 0 Å². The van der Waals surface area contributed by atoms with Gasteiger partial charge in [-0.3, -0.25) is 4.98 Å². The minimum absolute atomic E-state index is 0.662. The first kappa shape index (κ1) is 18.1. The van der Waals surface area contributed by atoms with Crippen LogP contribution in [0.25, 0.3) is 22.2 Å². The fourth-order valence-electron chi connectivity index (χ4n) is 3.10. The van der Waals surface area contributed by atoms with Crippen molar-refractivity contribution in [3.8, 4) is 11.3 Å². The molecule has 3 N–H and O–H groups in total. The van der Waals surface area contributed by atoms with Crippen LogP contribution in [0.1, 0.15) is 20.3 Å². The van der Waals surface area contributed by atoms with E-state index in [4.69, 9.17) is 10.7 Å². The number of aromatic nitrogens is 2. The van der Waals surface area contributed by atoms with Crippen LogP contribution in [0.15, 0.2) is 48.7 Å². The second kappa shape index (κ2) is 8.63. The number of pyridine rings is 2. The lowest BCUT2D eigenvalue weighted by molar-refractivity contribution is 0.866. The third-order valence-electron chi connectivity index (χ3n) is 4.56. The molecule has 0 bridgehead atoms. The summed E-state index contributed by atoms with van der Waals surface area (Å²) >= 11 is 0. The van der Waals surface area contributed by atoms with E-state index >= 15 is 0 Å². The Morgan fingerprint density at radius 2 is 1.85 bits per heavy atom. The topological polar surface area (TPSA) is 67.1 Å². The van der Waals surface area contributed by atoms with Crippen molar-refractivity contribution >= 4 is 22.4 Å². The monoisotopic (exact) mass is 349 g/mol. The smallest absolute Gasteiger partial charge is 0.136 e. The van der Waals surface area contributed by atoms with Gasteiger partial charge in [-0.05, 0) is 57.1 Å². The molecule has 0 unspecified atom stereocenters. The van der Waals surface area contributed by atoms with Gasteiger partial charge in [0.15, 0.2) is 0 Å². The standard InChI is InChI=1S/C21H27N5/c1-3-26(4-2)17-10-8-16(9-11-17)19-15-20-18(7-5-13-23-20)21(25-19)24-14-6-12-22/h5,7-11,13,15H,3-4,6,12,14,22H2,1-2H3,(H,24,25). The highest BCUT2D eigenvalue weighted by atomic mass is 15.1. The summed E-state index contributed by atoms with van der Waals surface area (Å²) in [6.45, 7) is 7.82. The molecule has 2 heterocycles. The maximum Gasteiger partial charge on any atom is 0.136 e. The Balaban J connectivity index is 1.96. The molecule has 0 aliphatic rings. The fourth-order valence-corrected chi connectivity index (χ4v) is 3.10. The first-order valence-corrected chi connectivity index (χ1v) is 9.32. The molecule has 0 amide bonds. The van der Waals surface area contributed by atoms with Crippen LogP contribution in [0.2, 0.25) is 0 Å². The number of hydrogen-bond acceptors (Lipinski definition) is 5. The molecule has 0 radical (unpaired) electrons. The van der Waals surface area contributed by atoms with E-state index < -0.39 is 0 Å². The van der Waals surface area contributed by atoms with Crippen molar-refractivity contribution in [2.24, 2.45) is 5.73 Å². The number of benzene rings is 1. The van der Waals surface area contributed by atoms with E-state index in [2.05, 4.69) is 59.4 Å². The molecular formula is C21H27N5. The van der Waals surface area contributed by atoms with Crippen LogP contribution in [-0.4, -0.2) is 36.1 Å². The second-order valence-electron chi connectivity index (χ2n) is 6.21. The lowest BCUT2D eigenvalue weighted by atomic mass is 10.1. The average Bonchev–Trinajstić information content (AvgIpc) is 2.69. The molecule has 1 aromatic carbocycles. The Morgan fingerprint density at radius 3 is 2.54 bits per heavy atom. The van der Waals surface area contributed by atoms with Gasteiger partial charge in [0.05, 0.1) is 11.2 Å². The molecule has 3 rings (SSSR count). The Hall–Kier alpha value is -2.66. The Kier molecular flexibility index (Phi) is 6.02. The zero-order valence-electron chi connectivity index (χ0n) is 15.6. The molecule has 0 aliphatic heterocycles. The summed E-state index contributed by atoms with van der Waals surface area (Å²) in [5.41, 5.74) is 9.81. The van der Waals surface area contributed by atoms with Crippen LogP contribution in [0, 0.1) is 0 Å². The first-order valence-electron chi connectivity index (χ1n) is 9.32. The molecule has 0 atom stereocenters. The molecule has 0 saturated heterocycles. The maximum atomic E-state index is 5.61. The molecular weight excluding hydrogens is 322 g/mol. The first-order chi connectivity index (χ1) is 12.8. The van der Waals surface area contributed by atoms with Crippen LogP contribution >= 0.6 is 0 Å². The van der Waals surface area contributed by atoms with E-state index in [1.807, 2.05) is 18.3 Å². The summed E-state index contributed by atoms with van der Waals surface area (Å²) < 4.78 is 0. The van der Waals surface area contributed by atoms with Gasteiger partial charge in [-0.1, -0.05) is 12.1 Å². The Labute approximate surface area is 155 Å². The molecule has 3 aromatic rings. The van der Waals surface area contributed by atoms with Crippen LogP contribution in [0.3, 0.4) is 0 Å². The third kappa shape index (κ3) is 3.94. The molecule has 0 fully saturated rings. The molecule has 0 aliphatic carbocycles. The van der Waals surface area contributed by atoms with Gasteiger partial charge < -0.3 is 16.0 Å². The zero-order chi connectivity index (χ0) is 18.4.